The summed E-state index contributed by atoms with van der Waals surface area (Å²) < 4.78 is 2.72. The van der Waals surface area contributed by atoms with Gasteiger partial charge in [0, 0.05) is 25.6 Å². The van der Waals surface area contributed by atoms with E-state index in [0.717, 1.165) is 0 Å². The molecule has 28 heavy (non-hydrogen) atoms. The van der Waals surface area contributed by atoms with Gasteiger partial charge in [-0.1, -0.05) is 74.5 Å². The molecule has 0 unspecified atom stereocenters. The number of benzene rings is 4. The molecule has 0 atom stereocenters. The minimum absolute atomic E-state index is 0.0428. The van der Waals surface area contributed by atoms with Gasteiger partial charge in [-0.15, -0.1) is 11.3 Å². The summed E-state index contributed by atoms with van der Waals surface area (Å²) in [5, 5.41) is 2.72. The number of rotatable bonds is 1. The van der Waals surface area contributed by atoms with Crippen molar-refractivity contribution in [3.05, 3.63) is 96.1 Å². The van der Waals surface area contributed by atoms with Gasteiger partial charge in [-0.05, 0) is 57.6 Å². The topological polar surface area (TPSA) is 0 Å². The van der Waals surface area contributed by atoms with E-state index in [2.05, 4.69) is 98.8 Å². The van der Waals surface area contributed by atoms with Crippen molar-refractivity contribution in [1.82, 2.24) is 0 Å². The van der Waals surface area contributed by atoms with Crippen molar-refractivity contribution in [3.63, 3.8) is 0 Å². The lowest BCUT2D eigenvalue weighted by Crippen LogP contribution is -2.14. The molecule has 6 rings (SSSR count). The summed E-state index contributed by atoms with van der Waals surface area (Å²) in [5.41, 5.74) is 8.27. The highest BCUT2D eigenvalue weighted by Gasteiger charge is 2.35. The number of hydrogen-bond donors (Lipinski definition) is 0. The van der Waals surface area contributed by atoms with Crippen LogP contribution < -0.4 is 0 Å². The van der Waals surface area contributed by atoms with Gasteiger partial charge in [0.1, 0.15) is 0 Å². The van der Waals surface area contributed by atoms with Crippen LogP contribution in [-0.4, -0.2) is 0 Å². The summed E-state index contributed by atoms with van der Waals surface area (Å²) in [5.74, 6) is 0. The largest absolute Gasteiger partial charge is 0.135 e. The second kappa shape index (κ2) is 5.56. The second-order valence-electron chi connectivity index (χ2n) is 8.24. The van der Waals surface area contributed by atoms with Crippen LogP contribution in [-0.2, 0) is 5.41 Å². The molecule has 0 saturated carbocycles. The van der Waals surface area contributed by atoms with Crippen LogP contribution in [0.3, 0.4) is 0 Å². The average Bonchev–Trinajstić information content (AvgIpc) is 3.21. The summed E-state index contributed by atoms with van der Waals surface area (Å²) >= 11 is 1.88. The molecule has 134 valence electrons. The van der Waals surface area contributed by atoms with E-state index in [1.54, 1.807) is 0 Å². The summed E-state index contributed by atoms with van der Waals surface area (Å²) in [6.45, 7) is 4.69. The molecule has 0 aliphatic heterocycles. The lowest BCUT2D eigenvalue weighted by molar-refractivity contribution is 0.660. The zero-order valence-corrected chi connectivity index (χ0v) is 16.8. The van der Waals surface area contributed by atoms with E-state index in [1.165, 1.54) is 53.6 Å². The van der Waals surface area contributed by atoms with Gasteiger partial charge >= 0.3 is 0 Å². The smallest absolute Gasteiger partial charge is 0.0355 e. The van der Waals surface area contributed by atoms with Crippen molar-refractivity contribution in [2.24, 2.45) is 0 Å². The maximum Gasteiger partial charge on any atom is 0.0355 e. The van der Waals surface area contributed by atoms with Gasteiger partial charge in [-0.3, -0.25) is 0 Å². The van der Waals surface area contributed by atoms with Gasteiger partial charge in [0.15, 0.2) is 0 Å². The minimum Gasteiger partial charge on any atom is -0.135 e. The first-order valence-electron chi connectivity index (χ1n) is 9.79. The quantitative estimate of drug-likeness (QED) is 0.278. The van der Waals surface area contributed by atoms with E-state index in [4.69, 9.17) is 0 Å². The Balaban J connectivity index is 1.55. The summed E-state index contributed by atoms with van der Waals surface area (Å²) in [4.78, 5) is 0. The third-order valence-corrected chi connectivity index (χ3v) is 7.45. The first-order valence-corrected chi connectivity index (χ1v) is 10.6. The predicted molar refractivity (Wildman–Crippen MR) is 122 cm³/mol. The summed E-state index contributed by atoms with van der Waals surface area (Å²) in [6.07, 6.45) is 0. The van der Waals surface area contributed by atoms with Crippen molar-refractivity contribution < 1.29 is 0 Å². The van der Waals surface area contributed by atoms with Crippen LogP contribution in [0.4, 0.5) is 0 Å². The molecular formula is C27H20S. The third kappa shape index (κ3) is 2.11. The first kappa shape index (κ1) is 16.1. The van der Waals surface area contributed by atoms with Crippen LogP contribution in [0.5, 0.6) is 0 Å². The Kier molecular flexibility index (Phi) is 3.19. The fourth-order valence-electron chi connectivity index (χ4n) is 4.79. The molecule has 1 aromatic heterocycles. The lowest BCUT2D eigenvalue weighted by atomic mass is 9.81. The monoisotopic (exact) mass is 376 g/mol. The highest BCUT2D eigenvalue weighted by Crippen LogP contribution is 2.49. The zero-order chi connectivity index (χ0) is 18.9. The van der Waals surface area contributed by atoms with Crippen molar-refractivity contribution in [2.45, 2.75) is 19.3 Å². The average molecular weight is 377 g/mol. The molecule has 1 heteroatoms. The van der Waals surface area contributed by atoms with Gasteiger partial charge in [0.2, 0.25) is 0 Å². The normalized spacial score (nSPS) is 14.4. The molecule has 0 amide bonds. The van der Waals surface area contributed by atoms with E-state index in [0.29, 0.717) is 0 Å². The van der Waals surface area contributed by atoms with E-state index >= 15 is 0 Å². The molecule has 0 radical (unpaired) electrons. The second-order valence-corrected chi connectivity index (χ2v) is 9.32. The molecule has 4 aromatic carbocycles. The van der Waals surface area contributed by atoms with Crippen LogP contribution in [0.1, 0.15) is 25.0 Å². The van der Waals surface area contributed by atoms with Gasteiger partial charge in [0.25, 0.3) is 0 Å². The molecular weight excluding hydrogens is 356 g/mol. The molecule has 0 bridgehead atoms. The van der Waals surface area contributed by atoms with Crippen LogP contribution >= 0.6 is 11.3 Å². The number of thiophene rings is 1. The standard InChI is InChI=1S/C27H20S/c1-27(2)23-9-5-3-7-19(23)20-13-11-18(16-24(20)27)17-12-14-26-22(15-17)21-8-4-6-10-25(21)28-26/h3-16H,1-2H3. The van der Waals surface area contributed by atoms with E-state index < -0.39 is 0 Å². The maximum absolute atomic E-state index is 2.41. The molecule has 0 nitrogen and oxygen atoms in total. The van der Waals surface area contributed by atoms with Crippen LogP contribution in [0.15, 0.2) is 84.9 Å². The molecule has 5 aromatic rings. The predicted octanol–water partition coefficient (Wildman–Crippen LogP) is 8.03. The number of fused-ring (bicyclic) bond motifs is 6. The van der Waals surface area contributed by atoms with Crippen LogP contribution in [0, 0.1) is 0 Å². The van der Waals surface area contributed by atoms with E-state index in [-0.39, 0.29) is 5.41 Å². The molecule has 0 saturated heterocycles. The molecule has 0 N–H and O–H groups in total. The highest BCUT2D eigenvalue weighted by molar-refractivity contribution is 7.25. The van der Waals surface area contributed by atoms with E-state index in [9.17, 15) is 0 Å². The third-order valence-electron chi connectivity index (χ3n) is 6.29. The Bertz CT molecular complexity index is 1380. The van der Waals surface area contributed by atoms with Gasteiger partial charge in [-0.2, -0.15) is 0 Å². The fraction of sp³-hybridized carbons (Fsp3) is 0.111. The Hall–Kier alpha value is -2.90. The Morgan fingerprint density at radius 2 is 1.25 bits per heavy atom. The SMILES string of the molecule is CC1(C)c2ccccc2-c2ccc(-c3ccc4sc5ccccc5c4c3)cc21. The van der Waals surface area contributed by atoms with Crippen LogP contribution in [0.2, 0.25) is 0 Å². The van der Waals surface area contributed by atoms with E-state index in [1.807, 2.05) is 11.3 Å². The molecule has 0 fully saturated rings. The van der Waals surface area contributed by atoms with Gasteiger partial charge in [-0.25, -0.2) is 0 Å². The Morgan fingerprint density at radius 3 is 2.18 bits per heavy atom. The molecule has 1 aliphatic carbocycles. The fourth-order valence-corrected chi connectivity index (χ4v) is 5.88. The van der Waals surface area contributed by atoms with Crippen molar-refractivity contribution in [3.8, 4) is 22.3 Å². The van der Waals surface area contributed by atoms with Gasteiger partial charge in [0.05, 0.1) is 0 Å². The first-order chi connectivity index (χ1) is 13.6. The molecule has 1 aliphatic rings. The molecule has 0 spiro atoms. The van der Waals surface area contributed by atoms with Crippen molar-refractivity contribution in [2.75, 3.05) is 0 Å². The summed E-state index contributed by atoms with van der Waals surface area (Å²) in [6, 6.07) is 31.5. The van der Waals surface area contributed by atoms with Crippen LogP contribution in [0.25, 0.3) is 42.4 Å². The summed E-state index contributed by atoms with van der Waals surface area (Å²) in [7, 11) is 0. The van der Waals surface area contributed by atoms with Crippen molar-refractivity contribution >= 4 is 31.5 Å². The van der Waals surface area contributed by atoms with Gasteiger partial charge < -0.3 is 0 Å². The Labute approximate surface area is 169 Å². The van der Waals surface area contributed by atoms with Crippen molar-refractivity contribution in [1.29, 1.82) is 0 Å². The Morgan fingerprint density at radius 1 is 0.571 bits per heavy atom. The maximum atomic E-state index is 2.41. The minimum atomic E-state index is 0.0428. The molecule has 1 heterocycles. The lowest BCUT2D eigenvalue weighted by Gasteiger charge is -2.22. The zero-order valence-electron chi connectivity index (χ0n) is 16.0. The highest BCUT2D eigenvalue weighted by atomic mass is 32.1. The number of hydrogen-bond acceptors (Lipinski definition) is 1.